The third-order valence-electron chi connectivity index (χ3n) is 6.39. The Balaban J connectivity index is 1.78. The van der Waals surface area contributed by atoms with Crippen molar-refractivity contribution in [2.24, 2.45) is 0 Å². The van der Waals surface area contributed by atoms with Gasteiger partial charge in [0.2, 0.25) is 0 Å². The second kappa shape index (κ2) is 18.4. The van der Waals surface area contributed by atoms with Crippen molar-refractivity contribution in [3.63, 3.8) is 0 Å². The van der Waals surface area contributed by atoms with E-state index in [0.29, 0.717) is 6.17 Å². The van der Waals surface area contributed by atoms with Crippen LogP contribution >= 0.6 is 0 Å². The number of hydrogen-bond donors (Lipinski definition) is 0. The maximum absolute atomic E-state index is 2.52. The van der Waals surface area contributed by atoms with Gasteiger partial charge in [-0.2, -0.15) is 0 Å². The Morgan fingerprint density at radius 2 is 0.964 bits per heavy atom. The molecule has 1 atom stereocenters. The molecule has 0 saturated heterocycles. The van der Waals surface area contributed by atoms with E-state index in [9.17, 15) is 0 Å². The smallest absolute Gasteiger partial charge is 0.100 e. The Morgan fingerprint density at radius 3 is 1.39 bits per heavy atom. The fraction of sp³-hybridized carbons (Fsp3) is 0.923. The van der Waals surface area contributed by atoms with E-state index in [0.717, 1.165) is 0 Å². The summed E-state index contributed by atoms with van der Waals surface area (Å²) in [5.74, 6) is 0. The van der Waals surface area contributed by atoms with E-state index in [1.54, 1.807) is 0 Å². The Morgan fingerprint density at radius 1 is 0.536 bits per heavy atom. The van der Waals surface area contributed by atoms with Crippen LogP contribution < -0.4 is 0 Å². The molecular weight excluding hydrogens is 340 g/mol. The number of rotatable bonds is 20. The summed E-state index contributed by atoms with van der Waals surface area (Å²) in [5.41, 5.74) is 0. The van der Waals surface area contributed by atoms with Crippen LogP contribution in [-0.4, -0.2) is 29.6 Å². The van der Waals surface area contributed by atoms with Gasteiger partial charge in [0, 0.05) is 26.0 Å². The minimum Gasteiger partial charge on any atom is -0.359 e. The summed E-state index contributed by atoms with van der Waals surface area (Å²) in [6.07, 6.45) is 32.4. The molecule has 2 heteroatoms. The highest BCUT2D eigenvalue weighted by Gasteiger charge is 2.21. The van der Waals surface area contributed by atoms with Gasteiger partial charge in [-0.25, -0.2) is 0 Å². The highest BCUT2D eigenvalue weighted by Crippen LogP contribution is 2.20. The molecule has 2 nitrogen and oxygen atoms in total. The van der Waals surface area contributed by atoms with Gasteiger partial charge in [0.05, 0.1) is 0 Å². The highest BCUT2D eigenvalue weighted by molar-refractivity contribution is 4.95. The van der Waals surface area contributed by atoms with E-state index in [1.807, 2.05) is 0 Å². The van der Waals surface area contributed by atoms with Gasteiger partial charge in [0.25, 0.3) is 0 Å². The number of unbranched alkanes of at least 4 members (excludes halogenated alkanes) is 16. The van der Waals surface area contributed by atoms with E-state index >= 15 is 0 Å². The molecule has 0 aromatic carbocycles. The van der Waals surface area contributed by atoms with Crippen LogP contribution in [-0.2, 0) is 0 Å². The molecule has 28 heavy (non-hydrogen) atoms. The molecule has 166 valence electrons. The Kier molecular flexibility index (Phi) is 16.7. The highest BCUT2D eigenvalue weighted by atomic mass is 15.4. The number of hydrogen-bond acceptors (Lipinski definition) is 2. The van der Waals surface area contributed by atoms with Crippen molar-refractivity contribution in [2.75, 3.05) is 13.6 Å². The van der Waals surface area contributed by atoms with Crippen LogP contribution in [0.2, 0.25) is 0 Å². The molecule has 1 unspecified atom stereocenters. The van der Waals surface area contributed by atoms with Gasteiger partial charge in [-0.1, -0.05) is 117 Å². The van der Waals surface area contributed by atoms with Crippen molar-refractivity contribution < 1.29 is 0 Å². The molecule has 0 aliphatic carbocycles. The van der Waals surface area contributed by atoms with E-state index in [1.165, 1.54) is 129 Å². The molecule has 0 aromatic rings. The summed E-state index contributed by atoms with van der Waals surface area (Å²) in [4.78, 5) is 4.91. The fourth-order valence-electron chi connectivity index (χ4n) is 4.53. The standard InChI is InChI=1S/C26H52N2/c1-4-6-7-8-9-10-11-12-13-14-15-16-17-18-19-20-21-22-26-27(3)24-25-28(26)23-5-2/h24-26H,4-23H2,1-3H3. The lowest BCUT2D eigenvalue weighted by Crippen LogP contribution is -2.36. The van der Waals surface area contributed by atoms with Gasteiger partial charge in [0.1, 0.15) is 6.17 Å². The maximum Gasteiger partial charge on any atom is 0.100 e. The third kappa shape index (κ3) is 12.7. The Hall–Kier alpha value is -0.660. The zero-order valence-electron chi connectivity index (χ0n) is 19.8. The fourth-order valence-corrected chi connectivity index (χ4v) is 4.53. The molecule has 0 amide bonds. The molecule has 0 bridgehead atoms. The van der Waals surface area contributed by atoms with Crippen molar-refractivity contribution in [3.8, 4) is 0 Å². The molecule has 0 aromatic heterocycles. The van der Waals surface area contributed by atoms with Crippen LogP contribution in [0.3, 0.4) is 0 Å². The first kappa shape index (κ1) is 25.4. The van der Waals surface area contributed by atoms with Crippen LogP contribution in [0.15, 0.2) is 12.4 Å². The summed E-state index contributed by atoms with van der Waals surface area (Å²) in [7, 11) is 2.23. The molecule has 0 N–H and O–H groups in total. The van der Waals surface area contributed by atoms with Gasteiger partial charge in [-0.3, -0.25) is 0 Å². The van der Waals surface area contributed by atoms with E-state index in [4.69, 9.17) is 0 Å². The zero-order chi connectivity index (χ0) is 20.3. The molecule has 1 heterocycles. The minimum atomic E-state index is 0.622. The summed E-state index contributed by atoms with van der Waals surface area (Å²) in [6, 6.07) is 0. The second-order valence-electron chi connectivity index (χ2n) is 9.13. The van der Waals surface area contributed by atoms with Crippen molar-refractivity contribution in [1.82, 2.24) is 9.80 Å². The van der Waals surface area contributed by atoms with Gasteiger partial charge in [-0.15, -0.1) is 0 Å². The summed E-state index contributed by atoms with van der Waals surface area (Å²) in [5, 5.41) is 0. The second-order valence-corrected chi connectivity index (χ2v) is 9.13. The Bertz CT molecular complexity index is 352. The summed E-state index contributed by atoms with van der Waals surface area (Å²) < 4.78 is 0. The zero-order valence-corrected chi connectivity index (χ0v) is 19.8. The largest absolute Gasteiger partial charge is 0.359 e. The molecular formula is C26H52N2. The molecule has 0 saturated carbocycles. The average Bonchev–Trinajstić information content (AvgIpc) is 3.04. The van der Waals surface area contributed by atoms with E-state index < -0.39 is 0 Å². The lowest BCUT2D eigenvalue weighted by atomic mass is 10.0. The van der Waals surface area contributed by atoms with Crippen LogP contribution in [0.4, 0.5) is 0 Å². The predicted octanol–water partition coefficient (Wildman–Crippen LogP) is 8.48. The van der Waals surface area contributed by atoms with Crippen LogP contribution in [0.1, 0.15) is 136 Å². The van der Waals surface area contributed by atoms with Crippen molar-refractivity contribution in [2.45, 2.75) is 142 Å². The average molecular weight is 393 g/mol. The quantitative estimate of drug-likeness (QED) is 0.192. The van der Waals surface area contributed by atoms with Crippen molar-refractivity contribution >= 4 is 0 Å². The number of nitrogens with zero attached hydrogens (tertiary/aromatic N) is 2. The normalized spacial score (nSPS) is 16.5. The van der Waals surface area contributed by atoms with E-state index in [-0.39, 0.29) is 0 Å². The molecule has 1 aliphatic rings. The van der Waals surface area contributed by atoms with Gasteiger partial charge >= 0.3 is 0 Å². The van der Waals surface area contributed by atoms with Crippen molar-refractivity contribution in [1.29, 1.82) is 0 Å². The molecule has 0 fully saturated rings. The summed E-state index contributed by atoms with van der Waals surface area (Å²) in [6.45, 7) is 5.78. The molecule has 1 rings (SSSR count). The lowest BCUT2D eigenvalue weighted by molar-refractivity contribution is 0.161. The first-order chi connectivity index (χ1) is 13.8. The van der Waals surface area contributed by atoms with Crippen LogP contribution in [0, 0.1) is 0 Å². The van der Waals surface area contributed by atoms with Crippen LogP contribution in [0.5, 0.6) is 0 Å². The molecule has 0 spiro atoms. The van der Waals surface area contributed by atoms with Crippen LogP contribution in [0.25, 0.3) is 0 Å². The third-order valence-corrected chi connectivity index (χ3v) is 6.39. The monoisotopic (exact) mass is 392 g/mol. The SMILES string of the molecule is CCCCCCCCCCCCCCCCCCCC1N(C)C=CN1CCC. The first-order valence-corrected chi connectivity index (χ1v) is 13.0. The lowest BCUT2D eigenvalue weighted by Gasteiger charge is -2.30. The Labute approximate surface area is 178 Å². The predicted molar refractivity (Wildman–Crippen MR) is 126 cm³/mol. The van der Waals surface area contributed by atoms with Gasteiger partial charge < -0.3 is 9.80 Å². The molecule has 0 radical (unpaired) electrons. The topological polar surface area (TPSA) is 6.48 Å². The minimum absolute atomic E-state index is 0.622. The van der Waals surface area contributed by atoms with Gasteiger partial charge in [0.15, 0.2) is 0 Å². The molecule has 1 aliphatic heterocycles. The summed E-state index contributed by atoms with van der Waals surface area (Å²) >= 11 is 0. The maximum atomic E-state index is 2.52. The van der Waals surface area contributed by atoms with Gasteiger partial charge in [-0.05, 0) is 19.3 Å². The van der Waals surface area contributed by atoms with E-state index in [2.05, 4.69) is 43.1 Å². The van der Waals surface area contributed by atoms with Crippen molar-refractivity contribution in [3.05, 3.63) is 12.4 Å². The first-order valence-electron chi connectivity index (χ1n) is 13.0.